The van der Waals surface area contributed by atoms with Crippen LogP contribution in [-0.2, 0) is 4.79 Å². The van der Waals surface area contributed by atoms with E-state index in [1.165, 1.54) is 6.21 Å². The summed E-state index contributed by atoms with van der Waals surface area (Å²) < 4.78 is 16.3. The van der Waals surface area contributed by atoms with E-state index in [0.29, 0.717) is 33.1 Å². The monoisotopic (exact) mass is 432 g/mol. The van der Waals surface area contributed by atoms with Gasteiger partial charge < -0.3 is 13.9 Å². The quantitative estimate of drug-likeness (QED) is 0.416. The van der Waals surface area contributed by atoms with Crippen molar-refractivity contribution in [2.24, 2.45) is 5.10 Å². The SMILES string of the molecule is COc1ccc(-c2ccc(C=NNC(=O)COc3ccc(Cl)cc3C)o2)cc1Cl. The fourth-order valence-corrected chi connectivity index (χ4v) is 3.00. The van der Waals surface area contributed by atoms with Gasteiger partial charge in [-0.2, -0.15) is 5.10 Å². The summed E-state index contributed by atoms with van der Waals surface area (Å²) in [6.45, 7) is 1.68. The van der Waals surface area contributed by atoms with Crippen LogP contribution in [0.4, 0.5) is 0 Å². The topological polar surface area (TPSA) is 73.1 Å². The maximum Gasteiger partial charge on any atom is 0.277 e. The number of benzene rings is 2. The Balaban J connectivity index is 1.54. The average Bonchev–Trinajstić information content (AvgIpc) is 3.16. The van der Waals surface area contributed by atoms with Crippen LogP contribution in [0.3, 0.4) is 0 Å². The third kappa shape index (κ3) is 5.53. The number of hydrogen-bond acceptors (Lipinski definition) is 5. The maximum absolute atomic E-state index is 11.9. The Bertz CT molecular complexity index is 1050. The van der Waals surface area contributed by atoms with Gasteiger partial charge >= 0.3 is 0 Å². The van der Waals surface area contributed by atoms with Crippen LogP contribution in [0.25, 0.3) is 11.3 Å². The molecule has 3 aromatic rings. The number of rotatable bonds is 7. The van der Waals surface area contributed by atoms with E-state index < -0.39 is 5.91 Å². The van der Waals surface area contributed by atoms with Crippen LogP contribution in [0.1, 0.15) is 11.3 Å². The molecule has 0 aliphatic rings. The number of aryl methyl sites for hydroxylation is 1. The van der Waals surface area contributed by atoms with Crippen LogP contribution < -0.4 is 14.9 Å². The zero-order valence-electron chi connectivity index (χ0n) is 15.7. The summed E-state index contributed by atoms with van der Waals surface area (Å²) in [5, 5.41) is 4.97. The van der Waals surface area contributed by atoms with Gasteiger partial charge in [-0.15, -0.1) is 0 Å². The van der Waals surface area contributed by atoms with E-state index in [0.717, 1.165) is 11.1 Å². The average molecular weight is 433 g/mol. The molecular formula is C21H18Cl2N2O4. The Kier molecular flexibility index (Phi) is 6.80. The van der Waals surface area contributed by atoms with Gasteiger partial charge in [-0.3, -0.25) is 4.79 Å². The van der Waals surface area contributed by atoms with E-state index in [4.69, 9.17) is 37.1 Å². The molecule has 0 aliphatic heterocycles. The van der Waals surface area contributed by atoms with Gasteiger partial charge in [0.2, 0.25) is 0 Å². The van der Waals surface area contributed by atoms with Crippen molar-refractivity contribution < 1.29 is 18.7 Å². The third-order valence-electron chi connectivity index (χ3n) is 3.94. The number of nitrogens with one attached hydrogen (secondary N) is 1. The van der Waals surface area contributed by atoms with Crippen molar-refractivity contribution >= 4 is 35.3 Å². The summed E-state index contributed by atoms with van der Waals surface area (Å²) in [6, 6.07) is 14.0. The molecule has 150 valence electrons. The minimum Gasteiger partial charge on any atom is -0.495 e. The predicted octanol–water partition coefficient (Wildman–Crippen LogP) is 5.10. The number of nitrogens with zero attached hydrogens (tertiary/aromatic N) is 1. The van der Waals surface area contributed by atoms with E-state index in [1.54, 1.807) is 49.6 Å². The summed E-state index contributed by atoms with van der Waals surface area (Å²) >= 11 is 12.0. The summed E-state index contributed by atoms with van der Waals surface area (Å²) in [6.07, 6.45) is 1.40. The van der Waals surface area contributed by atoms with Crippen molar-refractivity contribution in [2.75, 3.05) is 13.7 Å². The van der Waals surface area contributed by atoms with E-state index >= 15 is 0 Å². The van der Waals surface area contributed by atoms with Gasteiger partial charge in [-0.05, 0) is 61.0 Å². The zero-order chi connectivity index (χ0) is 20.8. The number of methoxy groups -OCH3 is 1. The molecule has 0 bridgehead atoms. The standard InChI is InChI=1S/C21H18Cl2N2O4/c1-13-9-15(22)4-7-18(13)28-12-21(26)25-24-11-16-5-8-19(29-16)14-3-6-20(27-2)17(23)10-14/h3-11H,12H2,1-2H3,(H,25,26). The number of furan rings is 1. The summed E-state index contributed by atoms with van der Waals surface area (Å²) in [5.74, 6) is 1.86. The molecule has 8 heteroatoms. The minimum atomic E-state index is -0.399. The van der Waals surface area contributed by atoms with Crippen molar-refractivity contribution in [1.29, 1.82) is 0 Å². The molecule has 0 saturated carbocycles. The Hall–Kier alpha value is -2.96. The van der Waals surface area contributed by atoms with E-state index in [9.17, 15) is 4.79 Å². The Labute approximate surface area is 178 Å². The molecule has 0 atom stereocenters. The lowest BCUT2D eigenvalue weighted by Gasteiger charge is -2.08. The molecule has 29 heavy (non-hydrogen) atoms. The maximum atomic E-state index is 11.9. The number of ether oxygens (including phenoxy) is 2. The number of carbonyl (C=O) groups is 1. The molecule has 1 aromatic heterocycles. The molecule has 0 aliphatic carbocycles. The van der Waals surface area contributed by atoms with E-state index in [1.807, 2.05) is 13.0 Å². The first-order valence-corrected chi connectivity index (χ1v) is 9.36. The first kappa shape index (κ1) is 20.8. The highest BCUT2D eigenvalue weighted by Crippen LogP contribution is 2.30. The minimum absolute atomic E-state index is 0.173. The van der Waals surface area contributed by atoms with Gasteiger partial charge in [0.1, 0.15) is 23.0 Å². The van der Waals surface area contributed by atoms with Gasteiger partial charge in [0, 0.05) is 10.6 Å². The Morgan fingerprint density at radius 3 is 2.66 bits per heavy atom. The fraction of sp³-hybridized carbons (Fsp3) is 0.143. The highest BCUT2D eigenvalue weighted by Gasteiger charge is 2.08. The molecule has 0 radical (unpaired) electrons. The molecule has 0 saturated heterocycles. The fourth-order valence-electron chi connectivity index (χ4n) is 2.52. The van der Waals surface area contributed by atoms with Crippen LogP contribution in [-0.4, -0.2) is 25.8 Å². The Morgan fingerprint density at radius 2 is 1.93 bits per heavy atom. The largest absolute Gasteiger partial charge is 0.495 e. The van der Waals surface area contributed by atoms with Crippen LogP contribution in [0, 0.1) is 6.92 Å². The number of hydrazone groups is 1. The summed E-state index contributed by atoms with van der Waals surface area (Å²) in [5.41, 5.74) is 4.03. The van der Waals surface area contributed by atoms with Crippen molar-refractivity contribution in [2.45, 2.75) is 6.92 Å². The van der Waals surface area contributed by atoms with Gasteiger partial charge in [0.15, 0.2) is 6.61 Å². The van der Waals surface area contributed by atoms with Crippen molar-refractivity contribution in [3.05, 3.63) is 69.9 Å². The van der Waals surface area contributed by atoms with Crippen LogP contribution >= 0.6 is 23.2 Å². The third-order valence-corrected chi connectivity index (χ3v) is 4.47. The molecule has 3 rings (SSSR count). The van der Waals surface area contributed by atoms with Crippen molar-refractivity contribution in [1.82, 2.24) is 5.43 Å². The highest BCUT2D eigenvalue weighted by molar-refractivity contribution is 6.32. The lowest BCUT2D eigenvalue weighted by molar-refractivity contribution is -0.123. The smallest absolute Gasteiger partial charge is 0.277 e. The highest BCUT2D eigenvalue weighted by atomic mass is 35.5. The van der Waals surface area contributed by atoms with Gasteiger partial charge in [-0.25, -0.2) is 5.43 Å². The Morgan fingerprint density at radius 1 is 1.14 bits per heavy atom. The van der Waals surface area contributed by atoms with Crippen LogP contribution in [0.5, 0.6) is 11.5 Å². The normalized spacial score (nSPS) is 10.9. The number of hydrogen-bond donors (Lipinski definition) is 1. The van der Waals surface area contributed by atoms with Gasteiger partial charge in [-0.1, -0.05) is 23.2 Å². The van der Waals surface area contributed by atoms with Gasteiger partial charge in [0.05, 0.1) is 18.3 Å². The van der Waals surface area contributed by atoms with Crippen molar-refractivity contribution in [3.63, 3.8) is 0 Å². The summed E-state index contributed by atoms with van der Waals surface area (Å²) in [4.78, 5) is 11.9. The van der Waals surface area contributed by atoms with Crippen LogP contribution in [0.2, 0.25) is 10.0 Å². The number of carbonyl (C=O) groups excluding carboxylic acids is 1. The zero-order valence-corrected chi connectivity index (χ0v) is 17.3. The molecule has 1 N–H and O–H groups in total. The molecule has 2 aromatic carbocycles. The molecule has 0 unspecified atom stereocenters. The molecule has 1 heterocycles. The first-order chi connectivity index (χ1) is 14.0. The molecular weight excluding hydrogens is 415 g/mol. The molecule has 1 amide bonds. The second kappa shape index (κ2) is 9.49. The second-order valence-corrected chi connectivity index (χ2v) is 6.89. The first-order valence-electron chi connectivity index (χ1n) is 8.61. The lowest BCUT2D eigenvalue weighted by Crippen LogP contribution is -2.24. The predicted molar refractivity (Wildman–Crippen MR) is 113 cm³/mol. The number of amides is 1. The van der Waals surface area contributed by atoms with E-state index in [-0.39, 0.29) is 6.61 Å². The molecule has 0 fully saturated rings. The molecule has 0 spiro atoms. The van der Waals surface area contributed by atoms with Crippen LogP contribution in [0.15, 0.2) is 58.0 Å². The lowest BCUT2D eigenvalue weighted by atomic mass is 10.2. The van der Waals surface area contributed by atoms with Gasteiger partial charge in [0.25, 0.3) is 5.91 Å². The number of halogens is 2. The second-order valence-electron chi connectivity index (χ2n) is 6.04. The van der Waals surface area contributed by atoms with E-state index in [2.05, 4.69) is 10.5 Å². The van der Waals surface area contributed by atoms with Crippen molar-refractivity contribution in [3.8, 4) is 22.8 Å². The molecule has 6 nitrogen and oxygen atoms in total. The summed E-state index contributed by atoms with van der Waals surface area (Å²) in [7, 11) is 1.55.